The summed E-state index contributed by atoms with van der Waals surface area (Å²) in [7, 11) is 0. The van der Waals surface area contributed by atoms with Crippen LogP contribution < -0.4 is 15.4 Å². The maximum atomic E-state index is 11.9. The van der Waals surface area contributed by atoms with E-state index in [0.717, 1.165) is 26.1 Å². The Morgan fingerprint density at radius 2 is 2.12 bits per heavy atom. The van der Waals surface area contributed by atoms with Crippen LogP contribution in [0.3, 0.4) is 0 Å². The monoisotopic (exact) mass is 245 g/mol. The van der Waals surface area contributed by atoms with Gasteiger partial charge in [-0.25, -0.2) is 4.98 Å². The number of anilines is 1. The molecule has 0 aliphatic carbocycles. The SMILES string of the molecule is CCCNCCNc1ccc(OC(F)F)cn1. The molecule has 0 saturated heterocycles. The first-order valence-corrected chi connectivity index (χ1v) is 5.58. The van der Waals surface area contributed by atoms with Crippen LogP contribution in [0, 0.1) is 0 Å². The van der Waals surface area contributed by atoms with Crippen molar-refractivity contribution in [2.75, 3.05) is 25.0 Å². The molecule has 1 rings (SSSR count). The normalized spacial score (nSPS) is 10.6. The number of pyridine rings is 1. The molecule has 1 aromatic heterocycles. The highest BCUT2D eigenvalue weighted by Crippen LogP contribution is 2.14. The fourth-order valence-electron chi connectivity index (χ4n) is 1.24. The van der Waals surface area contributed by atoms with Crippen molar-refractivity contribution in [1.82, 2.24) is 10.3 Å². The molecule has 0 aliphatic rings. The molecule has 0 bridgehead atoms. The molecule has 96 valence electrons. The smallest absolute Gasteiger partial charge is 0.387 e. The number of ether oxygens (including phenoxy) is 1. The summed E-state index contributed by atoms with van der Waals surface area (Å²) in [5.41, 5.74) is 0. The molecular formula is C11H17F2N3O. The molecule has 1 aromatic rings. The molecule has 1 heterocycles. The van der Waals surface area contributed by atoms with Crippen LogP contribution >= 0.6 is 0 Å². The van der Waals surface area contributed by atoms with Crippen molar-refractivity contribution in [2.24, 2.45) is 0 Å². The largest absolute Gasteiger partial charge is 0.433 e. The number of nitrogens with one attached hydrogen (secondary N) is 2. The number of rotatable bonds is 8. The predicted molar refractivity (Wildman–Crippen MR) is 62.5 cm³/mol. The Hall–Kier alpha value is -1.43. The van der Waals surface area contributed by atoms with Crippen LogP contribution in [0.4, 0.5) is 14.6 Å². The van der Waals surface area contributed by atoms with E-state index in [0.29, 0.717) is 5.82 Å². The second-order valence-corrected chi connectivity index (χ2v) is 3.43. The van der Waals surface area contributed by atoms with Crippen molar-refractivity contribution < 1.29 is 13.5 Å². The summed E-state index contributed by atoms with van der Waals surface area (Å²) < 4.78 is 27.9. The first-order valence-electron chi connectivity index (χ1n) is 5.58. The summed E-state index contributed by atoms with van der Waals surface area (Å²) >= 11 is 0. The van der Waals surface area contributed by atoms with E-state index in [1.165, 1.54) is 12.3 Å². The van der Waals surface area contributed by atoms with Gasteiger partial charge in [0.2, 0.25) is 0 Å². The summed E-state index contributed by atoms with van der Waals surface area (Å²) in [6.45, 7) is 1.85. The van der Waals surface area contributed by atoms with Gasteiger partial charge in [-0.05, 0) is 25.1 Å². The molecule has 0 radical (unpaired) electrons. The molecule has 0 unspecified atom stereocenters. The highest BCUT2D eigenvalue weighted by atomic mass is 19.3. The number of nitrogens with zero attached hydrogens (tertiary/aromatic N) is 1. The van der Waals surface area contributed by atoms with Gasteiger partial charge in [0.15, 0.2) is 0 Å². The van der Waals surface area contributed by atoms with Crippen LogP contribution in [0.5, 0.6) is 5.75 Å². The Labute approximate surface area is 99.4 Å². The number of hydrogen-bond acceptors (Lipinski definition) is 4. The fourth-order valence-corrected chi connectivity index (χ4v) is 1.24. The van der Waals surface area contributed by atoms with Crippen LogP contribution in [0.1, 0.15) is 13.3 Å². The Morgan fingerprint density at radius 3 is 2.71 bits per heavy atom. The quantitative estimate of drug-likeness (QED) is 0.688. The van der Waals surface area contributed by atoms with E-state index in [1.54, 1.807) is 6.07 Å². The van der Waals surface area contributed by atoms with Crippen molar-refractivity contribution in [3.8, 4) is 5.75 Å². The Morgan fingerprint density at radius 1 is 1.29 bits per heavy atom. The van der Waals surface area contributed by atoms with Crippen LogP contribution in [-0.4, -0.2) is 31.2 Å². The minimum absolute atomic E-state index is 0.0645. The van der Waals surface area contributed by atoms with Crippen molar-refractivity contribution in [1.29, 1.82) is 0 Å². The second kappa shape index (κ2) is 7.78. The third-order valence-corrected chi connectivity index (χ3v) is 2.00. The van der Waals surface area contributed by atoms with Crippen molar-refractivity contribution in [3.63, 3.8) is 0 Å². The van der Waals surface area contributed by atoms with E-state index in [2.05, 4.69) is 27.3 Å². The number of aromatic nitrogens is 1. The lowest BCUT2D eigenvalue weighted by molar-refractivity contribution is -0.0500. The molecular weight excluding hydrogens is 228 g/mol. The molecule has 0 saturated carbocycles. The van der Waals surface area contributed by atoms with Gasteiger partial charge in [0.25, 0.3) is 0 Å². The third kappa shape index (κ3) is 6.01. The van der Waals surface area contributed by atoms with Crippen LogP contribution in [0.15, 0.2) is 18.3 Å². The molecule has 0 spiro atoms. The second-order valence-electron chi connectivity index (χ2n) is 3.43. The lowest BCUT2D eigenvalue weighted by Crippen LogP contribution is -2.22. The molecule has 4 nitrogen and oxygen atoms in total. The highest BCUT2D eigenvalue weighted by molar-refractivity contribution is 5.37. The summed E-state index contributed by atoms with van der Waals surface area (Å²) in [5.74, 6) is 0.708. The van der Waals surface area contributed by atoms with E-state index >= 15 is 0 Å². The average molecular weight is 245 g/mol. The lowest BCUT2D eigenvalue weighted by atomic mass is 10.4. The van der Waals surface area contributed by atoms with E-state index in [9.17, 15) is 8.78 Å². The Kier molecular flexibility index (Phi) is 6.24. The van der Waals surface area contributed by atoms with Gasteiger partial charge in [0.05, 0.1) is 6.20 Å². The highest BCUT2D eigenvalue weighted by Gasteiger charge is 2.03. The third-order valence-electron chi connectivity index (χ3n) is 2.00. The van der Waals surface area contributed by atoms with E-state index in [-0.39, 0.29) is 5.75 Å². The minimum Gasteiger partial charge on any atom is -0.433 e. The van der Waals surface area contributed by atoms with Gasteiger partial charge in [-0.2, -0.15) is 8.78 Å². The molecule has 0 atom stereocenters. The molecule has 0 amide bonds. The summed E-state index contributed by atoms with van der Waals surface area (Å²) in [5, 5.41) is 6.30. The Balaban J connectivity index is 2.25. The van der Waals surface area contributed by atoms with Gasteiger partial charge in [0, 0.05) is 13.1 Å². The summed E-state index contributed by atoms with van der Waals surface area (Å²) in [6.07, 6.45) is 2.37. The molecule has 17 heavy (non-hydrogen) atoms. The summed E-state index contributed by atoms with van der Waals surface area (Å²) in [4.78, 5) is 3.95. The molecule has 0 fully saturated rings. The summed E-state index contributed by atoms with van der Waals surface area (Å²) in [6, 6.07) is 3.07. The zero-order chi connectivity index (χ0) is 12.5. The van der Waals surface area contributed by atoms with Crippen LogP contribution in [-0.2, 0) is 0 Å². The number of hydrogen-bond donors (Lipinski definition) is 2. The molecule has 6 heteroatoms. The maximum Gasteiger partial charge on any atom is 0.387 e. The number of alkyl halides is 2. The number of halogens is 2. The van der Waals surface area contributed by atoms with E-state index < -0.39 is 6.61 Å². The maximum absolute atomic E-state index is 11.9. The lowest BCUT2D eigenvalue weighted by Gasteiger charge is -2.07. The van der Waals surface area contributed by atoms with Gasteiger partial charge in [-0.1, -0.05) is 6.92 Å². The first-order chi connectivity index (χ1) is 8.22. The fraction of sp³-hybridized carbons (Fsp3) is 0.545. The molecule has 2 N–H and O–H groups in total. The van der Waals surface area contributed by atoms with Crippen molar-refractivity contribution in [3.05, 3.63) is 18.3 Å². The van der Waals surface area contributed by atoms with Crippen LogP contribution in [0.25, 0.3) is 0 Å². The predicted octanol–water partition coefficient (Wildman–Crippen LogP) is 2.09. The minimum atomic E-state index is -2.81. The first kappa shape index (κ1) is 13.6. The van der Waals surface area contributed by atoms with Gasteiger partial charge < -0.3 is 15.4 Å². The molecule has 0 aromatic carbocycles. The molecule has 0 aliphatic heterocycles. The van der Waals surface area contributed by atoms with Gasteiger partial charge in [0.1, 0.15) is 11.6 Å². The van der Waals surface area contributed by atoms with E-state index in [4.69, 9.17) is 0 Å². The Bertz CT molecular complexity index is 306. The van der Waals surface area contributed by atoms with Gasteiger partial charge in [-0.3, -0.25) is 0 Å². The standard InChI is InChI=1S/C11H17F2N3O/c1-2-5-14-6-7-15-10-4-3-9(8-16-10)17-11(12)13/h3-4,8,11,14H,2,5-7H2,1H3,(H,15,16). The van der Waals surface area contributed by atoms with Crippen molar-refractivity contribution >= 4 is 5.82 Å². The zero-order valence-electron chi connectivity index (χ0n) is 9.75. The van der Waals surface area contributed by atoms with Crippen molar-refractivity contribution in [2.45, 2.75) is 20.0 Å². The van der Waals surface area contributed by atoms with Gasteiger partial charge >= 0.3 is 6.61 Å². The van der Waals surface area contributed by atoms with Gasteiger partial charge in [-0.15, -0.1) is 0 Å². The zero-order valence-corrected chi connectivity index (χ0v) is 9.75. The topological polar surface area (TPSA) is 46.2 Å². The average Bonchev–Trinajstić information content (AvgIpc) is 2.30. The van der Waals surface area contributed by atoms with E-state index in [1.807, 2.05) is 0 Å². The van der Waals surface area contributed by atoms with Crippen LogP contribution in [0.2, 0.25) is 0 Å².